The Labute approximate surface area is 110 Å². The van der Waals surface area contributed by atoms with Gasteiger partial charge in [0.2, 0.25) is 5.89 Å². The van der Waals surface area contributed by atoms with Crippen molar-refractivity contribution in [2.24, 2.45) is 0 Å². The summed E-state index contributed by atoms with van der Waals surface area (Å²) < 4.78 is 10.9. The van der Waals surface area contributed by atoms with Crippen molar-refractivity contribution < 1.29 is 9.15 Å². The predicted octanol–water partition coefficient (Wildman–Crippen LogP) is 2.41. The fourth-order valence-corrected chi connectivity index (χ4v) is 1.53. The van der Waals surface area contributed by atoms with Gasteiger partial charge >= 0.3 is 0 Å². The summed E-state index contributed by atoms with van der Waals surface area (Å²) in [6.07, 6.45) is 0. The van der Waals surface area contributed by atoms with Crippen molar-refractivity contribution in [2.75, 3.05) is 6.54 Å². The first-order chi connectivity index (χ1) is 8.78. The first kappa shape index (κ1) is 12.9. The van der Waals surface area contributed by atoms with E-state index in [1.165, 1.54) is 0 Å². The van der Waals surface area contributed by atoms with Gasteiger partial charge in [-0.2, -0.15) is 0 Å². The average molecular weight is 268 g/mol. The summed E-state index contributed by atoms with van der Waals surface area (Å²) in [6.45, 7) is 3.68. The van der Waals surface area contributed by atoms with E-state index in [0.29, 0.717) is 29.1 Å². The molecule has 0 atom stereocenters. The molecule has 0 amide bonds. The molecule has 96 valence electrons. The van der Waals surface area contributed by atoms with E-state index in [-0.39, 0.29) is 6.61 Å². The number of benzene rings is 1. The highest BCUT2D eigenvalue weighted by atomic mass is 35.5. The maximum absolute atomic E-state index is 5.85. The number of ether oxygens (including phenoxy) is 1. The predicted molar refractivity (Wildman–Crippen MR) is 67.5 cm³/mol. The van der Waals surface area contributed by atoms with Crippen LogP contribution >= 0.6 is 11.6 Å². The van der Waals surface area contributed by atoms with E-state index in [1.807, 2.05) is 19.1 Å². The number of nitrogens with one attached hydrogen (secondary N) is 1. The molecule has 1 aromatic heterocycles. The largest absolute Gasteiger partial charge is 0.484 e. The maximum Gasteiger partial charge on any atom is 0.253 e. The highest BCUT2D eigenvalue weighted by molar-refractivity contribution is 6.30. The summed E-state index contributed by atoms with van der Waals surface area (Å²) in [6, 6.07) is 7.16. The van der Waals surface area contributed by atoms with E-state index in [2.05, 4.69) is 15.5 Å². The van der Waals surface area contributed by atoms with E-state index in [9.17, 15) is 0 Å². The highest BCUT2D eigenvalue weighted by Crippen LogP contribution is 2.18. The third-order valence-corrected chi connectivity index (χ3v) is 2.43. The lowest BCUT2D eigenvalue weighted by molar-refractivity contribution is 0.258. The summed E-state index contributed by atoms with van der Waals surface area (Å²) in [7, 11) is 0. The second-order valence-electron chi connectivity index (χ2n) is 3.62. The highest BCUT2D eigenvalue weighted by Gasteiger charge is 2.06. The number of hydrogen-bond donors (Lipinski definition) is 1. The van der Waals surface area contributed by atoms with Crippen LogP contribution in [0.3, 0.4) is 0 Å². The van der Waals surface area contributed by atoms with Crippen LogP contribution in [0.15, 0.2) is 28.7 Å². The second-order valence-corrected chi connectivity index (χ2v) is 4.05. The van der Waals surface area contributed by atoms with E-state index in [0.717, 1.165) is 6.54 Å². The Morgan fingerprint density at radius 2 is 2.17 bits per heavy atom. The Kier molecular flexibility index (Phi) is 4.55. The number of nitrogens with zero attached hydrogens (tertiary/aromatic N) is 2. The lowest BCUT2D eigenvalue weighted by atomic mass is 10.3. The Bertz CT molecular complexity index is 502. The van der Waals surface area contributed by atoms with Crippen LogP contribution in [0.4, 0.5) is 0 Å². The third-order valence-electron chi connectivity index (χ3n) is 2.19. The molecule has 0 aliphatic rings. The van der Waals surface area contributed by atoms with Crippen molar-refractivity contribution in [3.63, 3.8) is 0 Å². The van der Waals surface area contributed by atoms with Crippen LogP contribution in [0, 0.1) is 0 Å². The Morgan fingerprint density at radius 3 is 2.94 bits per heavy atom. The molecule has 0 radical (unpaired) electrons. The van der Waals surface area contributed by atoms with Crippen LogP contribution in [0.5, 0.6) is 5.75 Å². The summed E-state index contributed by atoms with van der Waals surface area (Å²) in [5.74, 6) is 1.68. The van der Waals surface area contributed by atoms with Crippen LogP contribution in [0.2, 0.25) is 5.02 Å². The molecule has 0 fully saturated rings. The summed E-state index contributed by atoms with van der Waals surface area (Å²) in [5, 5.41) is 11.5. The van der Waals surface area contributed by atoms with E-state index < -0.39 is 0 Å². The molecule has 18 heavy (non-hydrogen) atoms. The lowest BCUT2D eigenvalue weighted by Crippen LogP contribution is -2.11. The van der Waals surface area contributed by atoms with Gasteiger partial charge in [-0.05, 0) is 24.7 Å². The summed E-state index contributed by atoms with van der Waals surface area (Å²) >= 11 is 5.85. The summed E-state index contributed by atoms with van der Waals surface area (Å²) in [5.41, 5.74) is 0. The zero-order valence-corrected chi connectivity index (χ0v) is 10.8. The lowest BCUT2D eigenvalue weighted by Gasteiger charge is -2.02. The molecule has 6 heteroatoms. The molecule has 0 bridgehead atoms. The fraction of sp³-hybridized carbons (Fsp3) is 0.333. The molecule has 1 N–H and O–H groups in total. The Balaban J connectivity index is 1.88. The first-order valence-corrected chi connectivity index (χ1v) is 6.06. The molecule has 5 nitrogen and oxygen atoms in total. The van der Waals surface area contributed by atoms with Crippen molar-refractivity contribution in [3.8, 4) is 5.75 Å². The van der Waals surface area contributed by atoms with Crippen molar-refractivity contribution in [1.29, 1.82) is 0 Å². The van der Waals surface area contributed by atoms with Gasteiger partial charge in [-0.3, -0.25) is 0 Å². The smallest absolute Gasteiger partial charge is 0.253 e. The second kappa shape index (κ2) is 6.37. The molecule has 2 aromatic rings. The average Bonchev–Trinajstić information content (AvgIpc) is 2.82. The molecule has 1 heterocycles. The first-order valence-electron chi connectivity index (χ1n) is 5.68. The number of hydrogen-bond acceptors (Lipinski definition) is 5. The van der Waals surface area contributed by atoms with Gasteiger partial charge in [0.25, 0.3) is 5.89 Å². The van der Waals surface area contributed by atoms with Crippen molar-refractivity contribution in [3.05, 3.63) is 41.1 Å². The van der Waals surface area contributed by atoms with Crippen LogP contribution in [0.1, 0.15) is 18.7 Å². The molecule has 1 aromatic carbocycles. The van der Waals surface area contributed by atoms with Gasteiger partial charge in [-0.1, -0.05) is 24.6 Å². The van der Waals surface area contributed by atoms with E-state index >= 15 is 0 Å². The monoisotopic (exact) mass is 267 g/mol. The summed E-state index contributed by atoms with van der Waals surface area (Å²) in [4.78, 5) is 0. The zero-order chi connectivity index (χ0) is 12.8. The Hall–Kier alpha value is -1.59. The van der Waals surface area contributed by atoms with Crippen LogP contribution in [-0.4, -0.2) is 16.7 Å². The maximum atomic E-state index is 5.85. The van der Waals surface area contributed by atoms with Gasteiger partial charge in [0.05, 0.1) is 6.54 Å². The van der Waals surface area contributed by atoms with Crippen LogP contribution < -0.4 is 10.1 Å². The molecule has 0 aliphatic carbocycles. The van der Waals surface area contributed by atoms with E-state index in [1.54, 1.807) is 12.1 Å². The number of halogens is 1. The zero-order valence-electron chi connectivity index (χ0n) is 10.0. The third kappa shape index (κ3) is 3.72. The molecule has 0 unspecified atom stereocenters. The molecule has 0 aliphatic heterocycles. The minimum absolute atomic E-state index is 0.236. The van der Waals surface area contributed by atoms with E-state index in [4.69, 9.17) is 20.8 Å². The molecular formula is C12H14ClN3O2. The van der Waals surface area contributed by atoms with Gasteiger partial charge < -0.3 is 14.5 Å². The SMILES string of the molecule is CCNCc1nnc(COc2cccc(Cl)c2)o1. The Morgan fingerprint density at radius 1 is 1.33 bits per heavy atom. The molecule has 0 saturated carbocycles. The van der Waals surface area contributed by atoms with Gasteiger partial charge in [0.15, 0.2) is 6.61 Å². The number of aromatic nitrogens is 2. The van der Waals surface area contributed by atoms with Gasteiger partial charge in [0, 0.05) is 5.02 Å². The minimum atomic E-state index is 0.236. The minimum Gasteiger partial charge on any atom is -0.484 e. The van der Waals surface area contributed by atoms with Gasteiger partial charge in [-0.25, -0.2) is 0 Å². The molecule has 2 rings (SSSR count). The fourth-order valence-electron chi connectivity index (χ4n) is 1.35. The quantitative estimate of drug-likeness (QED) is 0.871. The van der Waals surface area contributed by atoms with Crippen molar-refractivity contribution in [2.45, 2.75) is 20.1 Å². The van der Waals surface area contributed by atoms with Crippen LogP contribution in [-0.2, 0) is 13.2 Å². The standard InChI is InChI=1S/C12H14ClN3O2/c1-2-14-7-11-15-16-12(18-11)8-17-10-5-3-4-9(13)6-10/h3-6,14H,2,7-8H2,1H3. The molecule has 0 spiro atoms. The number of rotatable bonds is 6. The van der Waals surface area contributed by atoms with Gasteiger partial charge in [0.1, 0.15) is 5.75 Å². The topological polar surface area (TPSA) is 60.2 Å². The van der Waals surface area contributed by atoms with Crippen molar-refractivity contribution in [1.82, 2.24) is 15.5 Å². The van der Waals surface area contributed by atoms with Crippen molar-refractivity contribution >= 4 is 11.6 Å². The normalized spacial score (nSPS) is 10.6. The molecule has 0 saturated heterocycles. The van der Waals surface area contributed by atoms with Gasteiger partial charge in [-0.15, -0.1) is 10.2 Å². The molecular weight excluding hydrogens is 254 g/mol. The van der Waals surface area contributed by atoms with Crippen LogP contribution in [0.25, 0.3) is 0 Å².